The number of esters is 1. The second-order valence-electron chi connectivity index (χ2n) is 3.64. The van der Waals surface area contributed by atoms with Crippen LogP contribution in [0.4, 0.5) is 8.78 Å². The van der Waals surface area contributed by atoms with E-state index in [1.807, 2.05) is 0 Å². The number of likely N-dealkylation sites (N-methyl/N-ethyl adjacent to an activating group) is 1. The first-order valence-electron chi connectivity index (χ1n) is 5.41. The molecule has 0 aliphatic heterocycles. The van der Waals surface area contributed by atoms with Crippen molar-refractivity contribution in [3.8, 4) is 0 Å². The van der Waals surface area contributed by atoms with Gasteiger partial charge in [-0.3, -0.25) is 9.59 Å². The van der Waals surface area contributed by atoms with Crippen LogP contribution in [-0.2, 0) is 9.53 Å². The Kier molecular flexibility index (Phi) is 5.23. The molecular weight excluding hydrogens is 280 g/mol. The molecule has 0 atom stereocenters. The zero-order valence-electron chi connectivity index (χ0n) is 10.4. The fraction of sp³-hybridized carbons (Fsp3) is 0.333. The van der Waals surface area contributed by atoms with Gasteiger partial charge in [-0.15, -0.1) is 0 Å². The number of benzene rings is 1. The second kappa shape index (κ2) is 6.47. The highest BCUT2D eigenvalue weighted by Crippen LogP contribution is 2.20. The van der Waals surface area contributed by atoms with E-state index >= 15 is 0 Å². The highest BCUT2D eigenvalue weighted by atomic mass is 35.5. The Morgan fingerprint density at radius 1 is 1.32 bits per heavy atom. The van der Waals surface area contributed by atoms with Crippen molar-refractivity contribution in [1.29, 1.82) is 0 Å². The first kappa shape index (κ1) is 15.4. The van der Waals surface area contributed by atoms with E-state index in [4.69, 9.17) is 11.6 Å². The van der Waals surface area contributed by atoms with Crippen LogP contribution in [0.5, 0.6) is 0 Å². The summed E-state index contributed by atoms with van der Waals surface area (Å²) in [5.41, 5.74) is -0.479. The van der Waals surface area contributed by atoms with Crippen LogP contribution in [0.25, 0.3) is 0 Å². The molecule has 1 amide bonds. The molecule has 19 heavy (non-hydrogen) atoms. The molecule has 0 saturated carbocycles. The molecular formula is C12H12ClF2NO3. The van der Waals surface area contributed by atoms with E-state index in [9.17, 15) is 18.4 Å². The Balaban J connectivity index is 3.04. The number of ether oxygens (including phenoxy) is 1. The number of carbonyl (C=O) groups is 2. The molecule has 0 spiro atoms. The Hall–Kier alpha value is -1.69. The van der Waals surface area contributed by atoms with Gasteiger partial charge in [-0.2, -0.15) is 0 Å². The third-order valence-electron chi connectivity index (χ3n) is 2.46. The Morgan fingerprint density at radius 2 is 1.95 bits per heavy atom. The van der Waals surface area contributed by atoms with E-state index in [0.717, 1.165) is 11.0 Å². The van der Waals surface area contributed by atoms with Crippen LogP contribution >= 0.6 is 11.6 Å². The summed E-state index contributed by atoms with van der Waals surface area (Å²) in [7, 11) is 1.17. The maximum absolute atomic E-state index is 13.6. The highest BCUT2D eigenvalue weighted by molar-refractivity contribution is 6.30. The molecule has 0 aromatic heterocycles. The second-order valence-corrected chi connectivity index (χ2v) is 4.05. The van der Waals surface area contributed by atoms with Crippen molar-refractivity contribution in [2.45, 2.75) is 6.92 Å². The minimum Gasteiger partial charge on any atom is -0.468 e. The number of amides is 1. The summed E-state index contributed by atoms with van der Waals surface area (Å²) >= 11 is 5.40. The van der Waals surface area contributed by atoms with Crippen molar-refractivity contribution < 1.29 is 23.1 Å². The van der Waals surface area contributed by atoms with Crippen molar-refractivity contribution in [3.05, 3.63) is 34.4 Å². The quantitative estimate of drug-likeness (QED) is 0.631. The Morgan fingerprint density at radius 3 is 2.47 bits per heavy atom. The monoisotopic (exact) mass is 291 g/mol. The summed E-state index contributed by atoms with van der Waals surface area (Å²) in [6.45, 7) is 1.41. The van der Waals surface area contributed by atoms with Gasteiger partial charge in [0.05, 0.1) is 17.7 Å². The topological polar surface area (TPSA) is 46.6 Å². The summed E-state index contributed by atoms with van der Waals surface area (Å²) < 4.78 is 31.3. The van der Waals surface area contributed by atoms with Crippen LogP contribution < -0.4 is 0 Å². The fourth-order valence-electron chi connectivity index (χ4n) is 1.40. The predicted octanol–water partition coefficient (Wildman–Crippen LogP) is 2.25. The lowest BCUT2D eigenvalue weighted by atomic mass is 10.1. The van der Waals surface area contributed by atoms with Crippen molar-refractivity contribution in [2.75, 3.05) is 20.2 Å². The predicted molar refractivity (Wildman–Crippen MR) is 65.0 cm³/mol. The number of carbonyl (C=O) groups excluding carboxylic acids is 2. The summed E-state index contributed by atoms with van der Waals surface area (Å²) in [5.74, 6) is -3.30. The first-order chi connectivity index (χ1) is 8.90. The molecule has 1 rings (SSSR count). The van der Waals surface area contributed by atoms with E-state index in [-0.39, 0.29) is 13.1 Å². The SMILES string of the molecule is CCN(CC(=O)OC)C(=O)c1cc(F)c(Cl)cc1F. The average molecular weight is 292 g/mol. The molecule has 0 fully saturated rings. The number of rotatable bonds is 4. The molecule has 0 N–H and O–H groups in total. The smallest absolute Gasteiger partial charge is 0.325 e. The van der Waals surface area contributed by atoms with Gasteiger partial charge in [0.1, 0.15) is 18.2 Å². The van der Waals surface area contributed by atoms with E-state index in [0.29, 0.717) is 6.07 Å². The number of nitrogens with zero attached hydrogens (tertiary/aromatic N) is 1. The highest BCUT2D eigenvalue weighted by Gasteiger charge is 2.22. The number of halogens is 3. The molecule has 0 heterocycles. The molecule has 1 aromatic carbocycles. The number of hydrogen-bond donors (Lipinski definition) is 0. The fourth-order valence-corrected chi connectivity index (χ4v) is 1.55. The third kappa shape index (κ3) is 3.64. The van der Waals surface area contributed by atoms with Crippen LogP contribution in [0.3, 0.4) is 0 Å². The summed E-state index contributed by atoms with van der Waals surface area (Å²) in [6.07, 6.45) is 0. The number of methoxy groups -OCH3 is 1. The van der Waals surface area contributed by atoms with Gasteiger partial charge in [-0.05, 0) is 19.1 Å². The van der Waals surface area contributed by atoms with E-state index in [2.05, 4.69) is 4.74 Å². The van der Waals surface area contributed by atoms with Crippen LogP contribution in [0, 0.1) is 11.6 Å². The molecule has 0 radical (unpaired) electrons. The van der Waals surface area contributed by atoms with E-state index in [1.165, 1.54) is 7.11 Å². The normalized spacial score (nSPS) is 10.2. The molecule has 0 bridgehead atoms. The maximum Gasteiger partial charge on any atom is 0.325 e. The minimum absolute atomic E-state index is 0.150. The maximum atomic E-state index is 13.6. The zero-order valence-corrected chi connectivity index (χ0v) is 11.1. The largest absolute Gasteiger partial charge is 0.468 e. The zero-order chi connectivity index (χ0) is 14.6. The van der Waals surface area contributed by atoms with Gasteiger partial charge >= 0.3 is 5.97 Å². The Labute approximate surface area is 113 Å². The van der Waals surface area contributed by atoms with Gasteiger partial charge in [-0.1, -0.05) is 11.6 Å². The lowest BCUT2D eigenvalue weighted by Crippen LogP contribution is -2.36. The van der Waals surface area contributed by atoms with Gasteiger partial charge in [0.25, 0.3) is 5.91 Å². The van der Waals surface area contributed by atoms with Gasteiger partial charge in [0, 0.05) is 6.54 Å². The molecule has 0 unspecified atom stereocenters. The molecule has 1 aromatic rings. The van der Waals surface area contributed by atoms with Gasteiger partial charge in [0.2, 0.25) is 0 Å². The molecule has 7 heteroatoms. The van der Waals surface area contributed by atoms with Gasteiger partial charge in [-0.25, -0.2) is 8.78 Å². The summed E-state index contributed by atoms with van der Waals surface area (Å²) in [6, 6.07) is 1.43. The average Bonchev–Trinajstić information content (AvgIpc) is 2.39. The van der Waals surface area contributed by atoms with Gasteiger partial charge in [0.15, 0.2) is 0 Å². The third-order valence-corrected chi connectivity index (χ3v) is 2.75. The van der Waals surface area contributed by atoms with Crippen LogP contribution in [0.15, 0.2) is 12.1 Å². The molecule has 104 valence electrons. The first-order valence-corrected chi connectivity index (χ1v) is 5.79. The van der Waals surface area contributed by atoms with Crippen molar-refractivity contribution in [3.63, 3.8) is 0 Å². The van der Waals surface area contributed by atoms with Crippen molar-refractivity contribution in [2.24, 2.45) is 0 Å². The minimum atomic E-state index is -0.945. The van der Waals surface area contributed by atoms with Crippen LogP contribution in [0.2, 0.25) is 5.02 Å². The van der Waals surface area contributed by atoms with Crippen molar-refractivity contribution in [1.82, 2.24) is 4.90 Å². The van der Waals surface area contributed by atoms with Crippen LogP contribution in [-0.4, -0.2) is 37.0 Å². The van der Waals surface area contributed by atoms with Crippen LogP contribution in [0.1, 0.15) is 17.3 Å². The van der Waals surface area contributed by atoms with Gasteiger partial charge < -0.3 is 9.64 Å². The molecule has 0 saturated heterocycles. The lowest BCUT2D eigenvalue weighted by molar-refractivity contribution is -0.141. The van der Waals surface area contributed by atoms with E-state index in [1.54, 1.807) is 6.92 Å². The summed E-state index contributed by atoms with van der Waals surface area (Å²) in [4.78, 5) is 24.1. The van der Waals surface area contributed by atoms with E-state index < -0.39 is 34.1 Å². The molecule has 0 aliphatic rings. The molecule has 4 nitrogen and oxygen atoms in total. The molecule has 0 aliphatic carbocycles. The standard InChI is InChI=1S/C12H12ClF2NO3/c1-3-16(6-11(17)19-2)12(18)7-4-10(15)8(13)5-9(7)14/h4-5H,3,6H2,1-2H3. The van der Waals surface area contributed by atoms with Crippen molar-refractivity contribution >= 4 is 23.5 Å². The summed E-state index contributed by atoms with van der Waals surface area (Å²) in [5, 5.41) is -0.412. The lowest BCUT2D eigenvalue weighted by Gasteiger charge is -2.19. The number of hydrogen-bond acceptors (Lipinski definition) is 3. The Bertz CT molecular complexity index is 508.